The summed E-state index contributed by atoms with van der Waals surface area (Å²) in [6, 6.07) is 10.5. The van der Waals surface area contributed by atoms with Crippen molar-refractivity contribution in [3.05, 3.63) is 70.5 Å². The van der Waals surface area contributed by atoms with Crippen molar-refractivity contribution in [1.29, 1.82) is 0 Å². The minimum absolute atomic E-state index is 0.0415. The summed E-state index contributed by atoms with van der Waals surface area (Å²) in [7, 11) is 1.53. The number of rotatable bonds is 6. The topological polar surface area (TPSA) is 52.6 Å². The molecule has 0 radical (unpaired) electrons. The fraction of sp³-hybridized carbons (Fsp3) is 0.111. The zero-order chi connectivity index (χ0) is 17.5. The van der Waals surface area contributed by atoms with Crippen LogP contribution in [-0.4, -0.2) is 25.5 Å². The molecule has 6 heteroatoms. The largest absolute Gasteiger partial charge is 0.497 e. The number of hydrogen-bond donors (Lipinski definition) is 0. The fourth-order valence-electron chi connectivity index (χ4n) is 1.83. The van der Waals surface area contributed by atoms with Crippen LogP contribution in [-0.2, 0) is 9.53 Å². The molecule has 0 amide bonds. The second-order valence-corrected chi connectivity index (χ2v) is 5.17. The van der Waals surface area contributed by atoms with E-state index >= 15 is 0 Å². The number of carbonyl (C=O) groups excluding carboxylic acids is 2. The zero-order valence-electron chi connectivity index (χ0n) is 12.8. The van der Waals surface area contributed by atoms with Crippen LogP contribution < -0.4 is 4.74 Å². The van der Waals surface area contributed by atoms with Gasteiger partial charge >= 0.3 is 5.97 Å². The summed E-state index contributed by atoms with van der Waals surface area (Å²) in [5, 5.41) is -0.0415. The van der Waals surface area contributed by atoms with E-state index in [0.717, 1.165) is 6.08 Å². The molecule has 0 aromatic heterocycles. The Morgan fingerprint density at radius 3 is 2.50 bits per heavy atom. The minimum atomic E-state index is -0.683. The molecular formula is C18H14ClFO4. The predicted molar refractivity (Wildman–Crippen MR) is 88.7 cm³/mol. The molecular weight excluding hydrogens is 335 g/mol. The van der Waals surface area contributed by atoms with Crippen LogP contribution in [0, 0.1) is 5.82 Å². The van der Waals surface area contributed by atoms with E-state index in [-0.39, 0.29) is 17.4 Å². The smallest absolute Gasteiger partial charge is 0.331 e. The van der Waals surface area contributed by atoms with Crippen molar-refractivity contribution < 1.29 is 23.5 Å². The number of methoxy groups -OCH3 is 1. The van der Waals surface area contributed by atoms with Crippen LogP contribution in [0.4, 0.5) is 4.39 Å². The van der Waals surface area contributed by atoms with Crippen molar-refractivity contribution in [2.45, 2.75) is 0 Å². The van der Waals surface area contributed by atoms with Crippen molar-refractivity contribution in [3.8, 4) is 5.75 Å². The maximum Gasteiger partial charge on any atom is 0.331 e. The lowest BCUT2D eigenvalue weighted by molar-refractivity contribution is -0.136. The van der Waals surface area contributed by atoms with Crippen LogP contribution in [0.1, 0.15) is 15.9 Å². The van der Waals surface area contributed by atoms with Gasteiger partial charge in [-0.15, -0.1) is 0 Å². The second kappa shape index (κ2) is 8.26. The quantitative estimate of drug-likeness (QED) is 0.451. The van der Waals surface area contributed by atoms with Crippen LogP contribution >= 0.6 is 11.6 Å². The van der Waals surface area contributed by atoms with Gasteiger partial charge in [0.15, 0.2) is 12.4 Å². The Labute approximate surface area is 143 Å². The van der Waals surface area contributed by atoms with Crippen molar-refractivity contribution in [2.24, 2.45) is 0 Å². The van der Waals surface area contributed by atoms with Gasteiger partial charge in [0.25, 0.3) is 0 Å². The number of esters is 1. The number of carbonyl (C=O) groups is 2. The molecule has 124 valence electrons. The molecule has 0 fully saturated rings. The van der Waals surface area contributed by atoms with E-state index in [1.54, 1.807) is 24.3 Å². The van der Waals surface area contributed by atoms with Gasteiger partial charge in [-0.3, -0.25) is 4.79 Å². The van der Waals surface area contributed by atoms with Crippen LogP contribution in [0.3, 0.4) is 0 Å². The summed E-state index contributed by atoms with van der Waals surface area (Å²) in [5.74, 6) is -0.924. The first-order valence-corrected chi connectivity index (χ1v) is 7.34. The van der Waals surface area contributed by atoms with Crippen molar-refractivity contribution in [2.75, 3.05) is 13.7 Å². The van der Waals surface area contributed by atoms with Crippen molar-refractivity contribution in [1.82, 2.24) is 0 Å². The Bertz CT molecular complexity index is 769. The minimum Gasteiger partial charge on any atom is -0.497 e. The Kier molecular flexibility index (Phi) is 6.09. The van der Waals surface area contributed by atoms with Gasteiger partial charge in [-0.1, -0.05) is 17.7 Å². The molecule has 0 unspecified atom stereocenters. The normalized spacial score (nSPS) is 10.6. The highest BCUT2D eigenvalue weighted by Crippen LogP contribution is 2.17. The molecule has 2 aromatic carbocycles. The first-order valence-electron chi connectivity index (χ1n) is 6.97. The van der Waals surface area contributed by atoms with Crippen LogP contribution in [0.5, 0.6) is 5.75 Å². The Hall–Kier alpha value is -2.66. The zero-order valence-corrected chi connectivity index (χ0v) is 13.5. The third-order valence-electron chi connectivity index (χ3n) is 3.11. The Morgan fingerprint density at radius 1 is 1.17 bits per heavy atom. The lowest BCUT2D eigenvalue weighted by atomic mass is 10.1. The summed E-state index contributed by atoms with van der Waals surface area (Å²) < 4.78 is 22.9. The van der Waals surface area contributed by atoms with Gasteiger partial charge in [0.1, 0.15) is 11.6 Å². The van der Waals surface area contributed by atoms with Crippen LogP contribution in [0.2, 0.25) is 5.02 Å². The molecule has 0 bridgehead atoms. The first kappa shape index (κ1) is 17.7. The summed E-state index contributed by atoms with van der Waals surface area (Å²) in [4.78, 5) is 23.5. The lowest BCUT2D eigenvalue weighted by Crippen LogP contribution is -2.12. The molecule has 0 N–H and O–H groups in total. The van der Waals surface area contributed by atoms with E-state index in [9.17, 15) is 14.0 Å². The molecule has 0 aliphatic heterocycles. The summed E-state index contributed by atoms with van der Waals surface area (Å²) >= 11 is 5.64. The standard InChI is InChI=1S/C18H14ClFO4/c1-23-14-6-4-13(5-7-14)17(21)11-24-18(22)9-3-12-2-8-16(20)15(19)10-12/h2-10H,11H2,1H3/b9-3+. The third-order valence-corrected chi connectivity index (χ3v) is 3.40. The third kappa shape index (κ3) is 4.93. The molecule has 2 rings (SSSR count). The molecule has 0 atom stereocenters. The van der Waals surface area contributed by atoms with E-state index in [2.05, 4.69) is 0 Å². The molecule has 0 saturated carbocycles. The summed E-state index contributed by atoms with van der Waals surface area (Å²) in [6.45, 7) is -0.375. The number of benzene rings is 2. The van der Waals surface area contributed by atoms with E-state index in [4.69, 9.17) is 21.1 Å². The highest BCUT2D eigenvalue weighted by Gasteiger charge is 2.08. The number of ketones is 1. The second-order valence-electron chi connectivity index (χ2n) is 4.77. The Morgan fingerprint density at radius 2 is 1.88 bits per heavy atom. The fourth-order valence-corrected chi connectivity index (χ4v) is 2.01. The number of halogens is 2. The van der Waals surface area contributed by atoms with E-state index < -0.39 is 11.8 Å². The van der Waals surface area contributed by atoms with Gasteiger partial charge in [0.05, 0.1) is 12.1 Å². The first-order chi connectivity index (χ1) is 11.5. The number of hydrogen-bond acceptors (Lipinski definition) is 4. The summed E-state index contributed by atoms with van der Waals surface area (Å²) in [6.07, 6.45) is 2.57. The SMILES string of the molecule is COc1ccc(C(=O)COC(=O)/C=C/c2ccc(F)c(Cl)c2)cc1. The molecule has 24 heavy (non-hydrogen) atoms. The van der Waals surface area contributed by atoms with E-state index in [1.165, 1.54) is 31.4 Å². The van der Waals surface area contributed by atoms with Crippen molar-refractivity contribution in [3.63, 3.8) is 0 Å². The van der Waals surface area contributed by atoms with E-state index in [1.807, 2.05) is 0 Å². The van der Waals surface area contributed by atoms with Gasteiger partial charge in [-0.25, -0.2) is 9.18 Å². The highest BCUT2D eigenvalue weighted by molar-refractivity contribution is 6.30. The molecule has 0 aliphatic carbocycles. The molecule has 4 nitrogen and oxygen atoms in total. The van der Waals surface area contributed by atoms with Gasteiger partial charge in [0.2, 0.25) is 0 Å². The van der Waals surface area contributed by atoms with Gasteiger partial charge in [-0.2, -0.15) is 0 Å². The highest BCUT2D eigenvalue weighted by atomic mass is 35.5. The molecule has 0 saturated heterocycles. The lowest BCUT2D eigenvalue weighted by Gasteiger charge is -2.03. The van der Waals surface area contributed by atoms with Crippen LogP contribution in [0.25, 0.3) is 6.08 Å². The van der Waals surface area contributed by atoms with Crippen LogP contribution in [0.15, 0.2) is 48.5 Å². The Balaban J connectivity index is 1.88. The van der Waals surface area contributed by atoms with Gasteiger partial charge < -0.3 is 9.47 Å². The maximum atomic E-state index is 13.0. The average Bonchev–Trinajstić information content (AvgIpc) is 2.60. The van der Waals surface area contributed by atoms with Crippen molar-refractivity contribution >= 4 is 29.4 Å². The van der Waals surface area contributed by atoms with Gasteiger partial charge in [0, 0.05) is 11.6 Å². The predicted octanol–water partition coefficient (Wildman–Crippen LogP) is 3.93. The summed E-state index contributed by atoms with van der Waals surface area (Å²) in [5.41, 5.74) is 0.956. The molecule has 0 aliphatic rings. The average molecular weight is 349 g/mol. The molecule has 0 heterocycles. The maximum absolute atomic E-state index is 13.0. The van der Waals surface area contributed by atoms with Gasteiger partial charge in [-0.05, 0) is 48.0 Å². The molecule has 0 spiro atoms. The monoisotopic (exact) mass is 348 g/mol. The number of Topliss-reactive ketones (excluding diaryl/α,β-unsaturated/α-hetero) is 1. The van der Waals surface area contributed by atoms with E-state index in [0.29, 0.717) is 16.9 Å². The number of ether oxygens (including phenoxy) is 2. The molecule has 2 aromatic rings.